The molecule has 1 saturated heterocycles. The van der Waals surface area contributed by atoms with Gasteiger partial charge in [-0.05, 0) is 24.6 Å². The molecule has 2 aromatic rings. The SMILES string of the molecule is COc1cccc(CNC(=O)C2CN(C(=O)c3cc(C)on3)C2)c1. The largest absolute Gasteiger partial charge is 0.497 e. The van der Waals surface area contributed by atoms with E-state index in [9.17, 15) is 9.59 Å². The van der Waals surface area contributed by atoms with Crippen molar-refractivity contribution in [2.75, 3.05) is 20.2 Å². The molecular formula is C17H19N3O4. The Bertz CT molecular complexity index is 750. The number of rotatable bonds is 5. The Morgan fingerprint density at radius 3 is 2.83 bits per heavy atom. The Hall–Kier alpha value is -2.83. The maximum atomic E-state index is 12.1. The van der Waals surface area contributed by atoms with Crippen molar-refractivity contribution in [3.8, 4) is 5.75 Å². The average Bonchev–Trinajstić information content (AvgIpc) is 2.98. The van der Waals surface area contributed by atoms with E-state index in [0.717, 1.165) is 11.3 Å². The van der Waals surface area contributed by atoms with Crippen LogP contribution in [0.4, 0.5) is 0 Å². The van der Waals surface area contributed by atoms with Crippen LogP contribution in [-0.4, -0.2) is 42.1 Å². The van der Waals surface area contributed by atoms with Gasteiger partial charge in [0.05, 0.1) is 13.0 Å². The molecule has 7 nitrogen and oxygen atoms in total. The van der Waals surface area contributed by atoms with Crippen LogP contribution in [0.15, 0.2) is 34.9 Å². The first-order valence-electron chi connectivity index (χ1n) is 7.70. The molecule has 0 unspecified atom stereocenters. The highest BCUT2D eigenvalue weighted by Gasteiger charge is 2.36. The first-order chi connectivity index (χ1) is 11.6. The third-order valence-electron chi connectivity index (χ3n) is 3.99. The summed E-state index contributed by atoms with van der Waals surface area (Å²) < 4.78 is 10.1. The number of hydrogen-bond acceptors (Lipinski definition) is 5. The van der Waals surface area contributed by atoms with Gasteiger partial charge in [0.25, 0.3) is 5.91 Å². The van der Waals surface area contributed by atoms with Crippen molar-refractivity contribution in [3.63, 3.8) is 0 Å². The van der Waals surface area contributed by atoms with Crippen LogP contribution in [0.25, 0.3) is 0 Å². The van der Waals surface area contributed by atoms with Crippen LogP contribution in [0, 0.1) is 12.8 Å². The summed E-state index contributed by atoms with van der Waals surface area (Å²) in [5, 5.41) is 6.59. The number of carbonyl (C=O) groups excluding carboxylic acids is 2. The highest BCUT2D eigenvalue weighted by atomic mass is 16.5. The average molecular weight is 329 g/mol. The summed E-state index contributed by atoms with van der Waals surface area (Å²) in [5.41, 5.74) is 1.25. The topological polar surface area (TPSA) is 84.7 Å². The molecule has 0 atom stereocenters. The summed E-state index contributed by atoms with van der Waals surface area (Å²) in [6.07, 6.45) is 0. The fourth-order valence-electron chi connectivity index (χ4n) is 2.56. The molecule has 2 amide bonds. The Morgan fingerprint density at radius 2 is 2.17 bits per heavy atom. The molecule has 0 aliphatic carbocycles. The quantitative estimate of drug-likeness (QED) is 0.896. The summed E-state index contributed by atoms with van der Waals surface area (Å²) in [4.78, 5) is 25.9. The molecule has 0 radical (unpaired) electrons. The number of aromatic nitrogens is 1. The second-order valence-corrected chi connectivity index (χ2v) is 5.80. The summed E-state index contributed by atoms with van der Waals surface area (Å²) in [7, 11) is 1.61. The number of nitrogens with zero attached hydrogens (tertiary/aromatic N) is 2. The lowest BCUT2D eigenvalue weighted by molar-refractivity contribution is -0.129. The summed E-state index contributed by atoms with van der Waals surface area (Å²) >= 11 is 0. The lowest BCUT2D eigenvalue weighted by Crippen LogP contribution is -2.55. The lowest BCUT2D eigenvalue weighted by atomic mass is 9.98. The standard InChI is InChI=1S/C17H19N3O4/c1-11-6-15(19-24-11)17(22)20-9-13(10-20)16(21)18-8-12-4-3-5-14(7-12)23-2/h3-7,13H,8-10H2,1-2H3,(H,18,21). The Kier molecular flexibility index (Phi) is 4.50. The third-order valence-corrected chi connectivity index (χ3v) is 3.99. The Balaban J connectivity index is 1.47. The maximum absolute atomic E-state index is 12.1. The minimum Gasteiger partial charge on any atom is -0.497 e. The number of nitrogens with one attached hydrogen (secondary N) is 1. The number of methoxy groups -OCH3 is 1. The molecule has 126 valence electrons. The van der Waals surface area contributed by atoms with Crippen LogP contribution >= 0.6 is 0 Å². The van der Waals surface area contributed by atoms with E-state index in [-0.39, 0.29) is 23.4 Å². The van der Waals surface area contributed by atoms with E-state index in [1.807, 2.05) is 24.3 Å². The molecule has 7 heteroatoms. The molecule has 0 spiro atoms. The third kappa shape index (κ3) is 3.40. The number of likely N-dealkylation sites (tertiary alicyclic amines) is 1. The first-order valence-corrected chi connectivity index (χ1v) is 7.70. The number of carbonyl (C=O) groups is 2. The predicted octanol–water partition coefficient (Wildman–Crippen LogP) is 1.38. The van der Waals surface area contributed by atoms with E-state index >= 15 is 0 Å². The minimum absolute atomic E-state index is 0.0572. The van der Waals surface area contributed by atoms with Gasteiger partial charge in [0.15, 0.2) is 5.69 Å². The van der Waals surface area contributed by atoms with Gasteiger partial charge in [0, 0.05) is 25.7 Å². The van der Waals surface area contributed by atoms with Crippen molar-refractivity contribution in [2.24, 2.45) is 5.92 Å². The van der Waals surface area contributed by atoms with E-state index in [1.165, 1.54) is 0 Å². The molecule has 0 saturated carbocycles. The van der Waals surface area contributed by atoms with Gasteiger partial charge >= 0.3 is 0 Å². The van der Waals surface area contributed by atoms with E-state index in [4.69, 9.17) is 9.26 Å². The van der Waals surface area contributed by atoms with Gasteiger partial charge in [0.1, 0.15) is 11.5 Å². The molecule has 1 N–H and O–H groups in total. The van der Waals surface area contributed by atoms with Gasteiger partial charge in [0.2, 0.25) is 5.91 Å². The van der Waals surface area contributed by atoms with Crippen molar-refractivity contribution in [1.29, 1.82) is 0 Å². The highest BCUT2D eigenvalue weighted by molar-refractivity contribution is 5.94. The first kappa shape index (κ1) is 16.0. The van der Waals surface area contributed by atoms with Gasteiger partial charge in [-0.3, -0.25) is 9.59 Å². The molecule has 0 bridgehead atoms. The van der Waals surface area contributed by atoms with E-state index in [1.54, 1.807) is 25.0 Å². The van der Waals surface area contributed by atoms with E-state index < -0.39 is 0 Å². The second kappa shape index (κ2) is 6.74. The van der Waals surface area contributed by atoms with Crippen LogP contribution in [0.2, 0.25) is 0 Å². The Labute approximate surface area is 139 Å². The van der Waals surface area contributed by atoms with Crippen molar-refractivity contribution >= 4 is 11.8 Å². The molecule has 1 aliphatic heterocycles. The molecule has 2 heterocycles. The zero-order valence-electron chi connectivity index (χ0n) is 13.6. The predicted molar refractivity (Wildman–Crippen MR) is 85.5 cm³/mol. The van der Waals surface area contributed by atoms with Crippen LogP contribution < -0.4 is 10.1 Å². The van der Waals surface area contributed by atoms with Gasteiger partial charge in [-0.1, -0.05) is 17.3 Å². The Morgan fingerprint density at radius 1 is 1.38 bits per heavy atom. The smallest absolute Gasteiger partial charge is 0.276 e. The zero-order chi connectivity index (χ0) is 17.1. The minimum atomic E-state index is -0.205. The number of amides is 2. The van der Waals surface area contributed by atoms with Gasteiger partial charge in [-0.2, -0.15) is 0 Å². The van der Waals surface area contributed by atoms with E-state index in [2.05, 4.69) is 10.5 Å². The van der Waals surface area contributed by atoms with Gasteiger partial charge in [-0.15, -0.1) is 0 Å². The molecule has 1 aromatic heterocycles. The molecule has 1 aromatic carbocycles. The van der Waals surface area contributed by atoms with Crippen LogP contribution in [-0.2, 0) is 11.3 Å². The molecular weight excluding hydrogens is 310 g/mol. The summed E-state index contributed by atoms with van der Waals surface area (Å²) in [6.45, 7) is 2.96. The normalized spacial score (nSPS) is 14.2. The fourth-order valence-corrected chi connectivity index (χ4v) is 2.56. The van der Waals surface area contributed by atoms with Gasteiger partial charge in [-0.25, -0.2) is 0 Å². The van der Waals surface area contributed by atoms with Crippen LogP contribution in [0.3, 0.4) is 0 Å². The number of ether oxygens (including phenoxy) is 1. The van der Waals surface area contributed by atoms with E-state index in [0.29, 0.717) is 25.4 Å². The molecule has 24 heavy (non-hydrogen) atoms. The number of aryl methyl sites for hydroxylation is 1. The van der Waals surface area contributed by atoms with Crippen molar-refractivity contribution in [2.45, 2.75) is 13.5 Å². The number of benzene rings is 1. The maximum Gasteiger partial charge on any atom is 0.276 e. The van der Waals surface area contributed by atoms with Gasteiger partial charge < -0.3 is 19.5 Å². The molecule has 1 fully saturated rings. The molecule has 1 aliphatic rings. The van der Waals surface area contributed by atoms with Crippen LogP contribution in [0.1, 0.15) is 21.8 Å². The van der Waals surface area contributed by atoms with Crippen molar-refractivity contribution < 1.29 is 18.8 Å². The summed E-state index contributed by atoms with van der Waals surface area (Å²) in [6, 6.07) is 9.13. The van der Waals surface area contributed by atoms with Crippen LogP contribution in [0.5, 0.6) is 5.75 Å². The lowest BCUT2D eigenvalue weighted by Gasteiger charge is -2.37. The second-order valence-electron chi connectivity index (χ2n) is 5.80. The van der Waals surface area contributed by atoms with Crippen molar-refractivity contribution in [1.82, 2.24) is 15.4 Å². The molecule has 3 rings (SSSR count). The summed E-state index contributed by atoms with van der Waals surface area (Å²) in [5.74, 6) is 0.894. The monoisotopic (exact) mass is 329 g/mol. The zero-order valence-corrected chi connectivity index (χ0v) is 13.6. The highest BCUT2D eigenvalue weighted by Crippen LogP contribution is 2.19. The van der Waals surface area contributed by atoms with Crippen molar-refractivity contribution in [3.05, 3.63) is 47.3 Å². The fraction of sp³-hybridized carbons (Fsp3) is 0.353. The number of hydrogen-bond donors (Lipinski definition) is 1.